The lowest BCUT2D eigenvalue weighted by Gasteiger charge is -2.20. The van der Waals surface area contributed by atoms with Crippen LogP contribution in [0.3, 0.4) is 0 Å². The van der Waals surface area contributed by atoms with Gasteiger partial charge in [0.15, 0.2) is 0 Å². The number of aliphatic carboxylic acids is 1. The highest BCUT2D eigenvalue weighted by atomic mass is 16.4. The summed E-state index contributed by atoms with van der Waals surface area (Å²) in [5.74, 6) is -0.311. The van der Waals surface area contributed by atoms with Crippen molar-refractivity contribution in [3.05, 3.63) is 11.6 Å². The van der Waals surface area contributed by atoms with Gasteiger partial charge in [-0.15, -0.1) is 0 Å². The molecule has 1 aliphatic carbocycles. The molecule has 0 aromatic heterocycles. The quantitative estimate of drug-likeness (QED) is 0.588. The van der Waals surface area contributed by atoms with Crippen LogP contribution in [0.4, 0.5) is 0 Å². The average molecular weight is 154 g/mol. The number of carboxylic acid groups (broad SMARTS) is 1. The summed E-state index contributed by atoms with van der Waals surface area (Å²) in [4.78, 5) is 10.3. The first-order valence-electron chi connectivity index (χ1n) is 4.13. The van der Waals surface area contributed by atoms with Crippen LogP contribution in [0.5, 0.6) is 0 Å². The minimum atomic E-state index is -0.797. The van der Waals surface area contributed by atoms with Crippen molar-refractivity contribution in [1.29, 1.82) is 0 Å². The molecule has 1 N–H and O–H groups in total. The summed E-state index contributed by atoms with van der Waals surface area (Å²) >= 11 is 0. The van der Waals surface area contributed by atoms with Crippen molar-refractivity contribution in [2.45, 2.75) is 32.6 Å². The molecular weight excluding hydrogens is 140 g/mol. The lowest BCUT2D eigenvalue weighted by atomic mass is 9.85. The molecule has 2 heteroatoms. The normalized spacial score (nSPS) is 28.8. The predicted molar refractivity (Wildman–Crippen MR) is 43.4 cm³/mol. The summed E-state index contributed by atoms with van der Waals surface area (Å²) in [7, 11) is 0. The molecule has 0 saturated heterocycles. The number of hydrogen-bond acceptors (Lipinski definition) is 1. The Kier molecular flexibility index (Phi) is 2.69. The molecule has 1 aliphatic rings. The second kappa shape index (κ2) is 3.56. The van der Waals surface area contributed by atoms with Crippen LogP contribution in [0, 0.1) is 5.92 Å². The fourth-order valence-electron chi connectivity index (χ4n) is 1.58. The zero-order valence-corrected chi connectivity index (χ0v) is 6.84. The Morgan fingerprint density at radius 3 is 2.91 bits per heavy atom. The Hall–Kier alpha value is -0.790. The molecule has 0 heterocycles. The molecule has 0 aliphatic heterocycles. The third-order valence-corrected chi connectivity index (χ3v) is 2.29. The molecule has 0 aromatic rings. The first-order valence-corrected chi connectivity index (χ1v) is 4.13. The monoisotopic (exact) mass is 154 g/mol. The number of rotatable bonds is 1. The van der Waals surface area contributed by atoms with Gasteiger partial charge in [-0.25, -0.2) is 4.79 Å². The summed E-state index contributed by atoms with van der Waals surface area (Å²) in [5.41, 5.74) is 1.11. The van der Waals surface area contributed by atoms with Crippen molar-refractivity contribution in [2.24, 2.45) is 5.92 Å². The van der Waals surface area contributed by atoms with Gasteiger partial charge in [-0.1, -0.05) is 18.9 Å². The molecule has 0 radical (unpaired) electrons. The molecule has 1 rings (SSSR count). The molecule has 1 unspecified atom stereocenters. The lowest BCUT2D eigenvalue weighted by molar-refractivity contribution is -0.131. The maximum absolute atomic E-state index is 10.3. The standard InChI is InChI=1S/C9H14O2/c1-7-4-2-3-5-8(7)6-9(10)11/h6-7H,2-5H2,1H3,(H,10,11). The largest absolute Gasteiger partial charge is 0.478 e. The number of carbonyl (C=O) groups is 1. The molecule has 0 aromatic carbocycles. The van der Waals surface area contributed by atoms with Crippen molar-refractivity contribution >= 4 is 5.97 Å². The Morgan fingerprint density at radius 1 is 1.64 bits per heavy atom. The van der Waals surface area contributed by atoms with E-state index in [-0.39, 0.29) is 0 Å². The zero-order valence-electron chi connectivity index (χ0n) is 6.84. The Morgan fingerprint density at radius 2 is 2.36 bits per heavy atom. The number of carboxylic acids is 1. The molecule has 0 spiro atoms. The highest BCUT2D eigenvalue weighted by molar-refractivity contribution is 5.80. The van der Waals surface area contributed by atoms with Gasteiger partial charge in [-0.05, 0) is 25.2 Å². The third kappa shape index (κ3) is 2.37. The first kappa shape index (κ1) is 8.31. The van der Waals surface area contributed by atoms with Crippen molar-refractivity contribution in [3.8, 4) is 0 Å². The highest BCUT2D eigenvalue weighted by Crippen LogP contribution is 2.28. The summed E-state index contributed by atoms with van der Waals surface area (Å²) < 4.78 is 0. The molecule has 1 saturated carbocycles. The van der Waals surface area contributed by atoms with Gasteiger partial charge in [0.1, 0.15) is 0 Å². The molecule has 0 amide bonds. The van der Waals surface area contributed by atoms with Gasteiger partial charge in [-0.2, -0.15) is 0 Å². The fourth-order valence-corrected chi connectivity index (χ4v) is 1.58. The van der Waals surface area contributed by atoms with Gasteiger partial charge in [-0.3, -0.25) is 0 Å². The SMILES string of the molecule is CC1CCCCC1=CC(=O)O. The lowest BCUT2D eigenvalue weighted by Crippen LogP contribution is -2.07. The number of hydrogen-bond donors (Lipinski definition) is 1. The van der Waals surface area contributed by atoms with Crippen LogP contribution in [0.1, 0.15) is 32.6 Å². The van der Waals surface area contributed by atoms with Crippen LogP contribution in [-0.2, 0) is 4.79 Å². The third-order valence-electron chi connectivity index (χ3n) is 2.29. The fraction of sp³-hybridized carbons (Fsp3) is 0.667. The summed E-state index contributed by atoms with van der Waals surface area (Å²) in [6, 6.07) is 0. The molecule has 11 heavy (non-hydrogen) atoms. The van der Waals surface area contributed by atoms with Crippen LogP contribution in [0.15, 0.2) is 11.6 Å². The molecule has 0 bridgehead atoms. The van der Waals surface area contributed by atoms with Gasteiger partial charge in [0, 0.05) is 6.08 Å². The first-order chi connectivity index (χ1) is 5.20. The molecule has 2 nitrogen and oxygen atoms in total. The van der Waals surface area contributed by atoms with Gasteiger partial charge in [0.2, 0.25) is 0 Å². The molecule has 1 atom stereocenters. The van der Waals surface area contributed by atoms with E-state index >= 15 is 0 Å². The minimum Gasteiger partial charge on any atom is -0.478 e. The zero-order chi connectivity index (χ0) is 8.27. The topological polar surface area (TPSA) is 37.3 Å². The molecule has 1 fully saturated rings. The Balaban J connectivity index is 2.60. The maximum Gasteiger partial charge on any atom is 0.328 e. The summed E-state index contributed by atoms with van der Waals surface area (Å²) in [6.07, 6.45) is 5.91. The van der Waals surface area contributed by atoms with E-state index in [1.54, 1.807) is 0 Å². The van der Waals surface area contributed by atoms with Crippen molar-refractivity contribution in [2.75, 3.05) is 0 Å². The van der Waals surface area contributed by atoms with Crippen molar-refractivity contribution in [3.63, 3.8) is 0 Å². The summed E-state index contributed by atoms with van der Waals surface area (Å²) in [5, 5.41) is 8.51. The van der Waals surface area contributed by atoms with Gasteiger partial charge in [0.25, 0.3) is 0 Å². The van der Waals surface area contributed by atoms with Crippen molar-refractivity contribution in [1.82, 2.24) is 0 Å². The van der Waals surface area contributed by atoms with Crippen LogP contribution < -0.4 is 0 Å². The maximum atomic E-state index is 10.3. The summed E-state index contributed by atoms with van der Waals surface area (Å²) in [6.45, 7) is 2.11. The molecular formula is C9H14O2. The average Bonchev–Trinajstić information content (AvgIpc) is 1.93. The number of allylic oxidation sites excluding steroid dienone is 1. The second-order valence-corrected chi connectivity index (χ2v) is 3.20. The Labute approximate surface area is 66.9 Å². The van der Waals surface area contributed by atoms with Crippen molar-refractivity contribution < 1.29 is 9.90 Å². The van der Waals surface area contributed by atoms with E-state index < -0.39 is 5.97 Å². The van der Waals surface area contributed by atoms with Gasteiger partial charge >= 0.3 is 5.97 Å². The van der Waals surface area contributed by atoms with Crippen LogP contribution in [0.25, 0.3) is 0 Å². The van der Waals surface area contributed by atoms with E-state index in [1.165, 1.54) is 12.5 Å². The van der Waals surface area contributed by atoms with Gasteiger partial charge in [0.05, 0.1) is 0 Å². The Bertz CT molecular complexity index is 182. The van der Waals surface area contributed by atoms with Crippen LogP contribution in [0.2, 0.25) is 0 Å². The predicted octanol–water partition coefficient (Wildman–Crippen LogP) is 2.21. The smallest absolute Gasteiger partial charge is 0.328 e. The van der Waals surface area contributed by atoms with Gasteiger partial charge < -0.3 is 5.11 Å². The van der Waals surface area contributed by atoms with E-state index in [2.05, 4.69) is 6.92 Å². The van der Waals surface area contributed by atoms with Crippen LogP contribution >= 0.6 is 0 Å². The minimum absolute atomic E-state index is 0.486. The second-order valence-electron chi connectivity index (χ2n) is 3.20. The van der Waals surface area contributed by atoms with E-state index in [0.717, 1.165) is 24.8 Å². The highest BCUT2D eigenvalue weighted by Gasteiger charge is 2.14. The van der Waals surface area contributed by atoms with E-state index in [4.69, 9.17) is 5.11 Å². The van der Waals surface area contributed by atoms with E-state index in [1.807, 2.05) is 0 Å². The van der Waals surface area contributed by atoms with E-state index in [0.29, 0.717) is 5.92 Å². The van der Waals surface area contributed by atoms with Crippen LogP contribution in [-0.4, -0.2) is 11.1 Å². The van der Waals surface area contributed by atoms with E-state index in [9.17, 15) is 4.79 Å². The molecule has 62 valence electrons.